The minimum Gasteiger partial charge on any atom is -0.492 e. The predicted octanol–water partition coefficient (Wildman–Crippen LogP) is 3.26. The lowest BCUT2D eigenvalue weighted by atomic mass is 9.94. The second-order valence-electron chi connectivity index (χ2n) is 10.2. The molecule has 184 valence electrons. The maximum Gasteiger partial charge on any atom is 0.255 e. The van der Waals surface area contributed by atoms with E-state index in [0.717, 1.165) is 64.0 Å². The largest absolute Gasteiger partial charge is 0.492 e. The molecular weight excluding hydrogens is 452 g/mol. The lowest BCUT2D eigenvalue weighted by molar-refractivity contribution is -0.127. The lowest BCUT2D eigenvalue weighted by Crippen LogP contribution is -2.47. The van der Waals surface area contributed by atoms with Crippen molar-refractivity contribution in [2.75, 3.05) is 45.1 Å². The van der Waals surface area contributed by atoms with E-state index in [4.69, 9.17) is 22.1 Å². The number of halogens is 1. The number of carbonyl (C=O) groups excluding carboxylic acids is 2. The van der Waals surface area contributed by atoms with Crippen molar-refractivity contribution >= 4 is 29.1 Å². The number of anilines is 1. The molecule has 5 rings (SSSR count). The van der Waals surface area contributed by atoms with Gasteiger partial charge < -0.3 is 25.6 Å². The van der Waals surface area contributed by atoms with Crippen molar-refractivity contribution in [2.45, 2.75) is 51.0 Å². The molecule has 1 aromatic carbocycles. The number of nitrogens with zero attached hydrogens (tertiary/aromatic N) is 2. The van der Waals surface area contributed by atoms with E-state index < -0.39 is 0 Å². The maximum absolute atomic E-state index is 13.0. The van der Waals surface area contributed by atoms with Crippen LogP contribution in [0.25, 0.3) is 0 Å². The molecule has 3 fully saturated rings. The van der Waals surface area contributed by atoms with Crippen LogP contribution in [0.3, 0.4) is 0 Å². The van der Waals surface area contributed by atoms with Gasteiger partial charge in [-0.15, -0.1) is 0 Å². The van der Waals surface area contributed by atoms with Gasteiger partial charge in [-0.05, 0) is 62.5 Å². The number of nitrogen functional groups attached to an aromatic ring is 1. The summed E-state index contributed by atoms with van der Waals surface area (Å²) in [6.07, 6.45) is 11.0. The Kier molecular flexibility index (Phi) is 7.02. The van der Waals surface area contributed by atoms with Crippen LogP contribution in [0, 0.1) is 11.8 Å². The molecule has 34 heavy (non-hydrogen) atoms. The van der Waals surface area contributed by atoms with Crippen LogP contribution in [0.4, 0.5) is 5.69 Å². The molecule has 0 aromatic heterocycles. The van der Waals surface area contributed by atoms with E-state index >= 15 is 0 Å². The molecule has 0 atom stereocenters. The Morgan fingerprint density at radius 3 is 2.56 bits per heavy atom. The zero-order chi connectivity index (χ0) is 23.7. The number of ether oxygens (including phenoxy) is 1. The molecule has 0 radical (unpaired) electrons. The monoisotopic (exact) mass is 486 g/mol. The van der Waals surface area contributed by atoms with Crippen molar-refractivity contribution in [3.8, 4) is 5.75 Å². The van der Waals surface area contributed by atoms with Crippen molar-refractivity contribution in [1.82, 2.24) is 15.1 Å². The first-order chi connectivity index (χ1) is 16.5. The highest BCUT2D eigenvalue weighted by molar-refractivity contribution is 6.33. The normalized spacial score (nSPS) is 22.1. The van der Waals surface area contributed by atoms with Gasteiger partial charge in [0, 0.05) is 50.7 Å². The van der Waals surface area contributed by atoms with Gasteiger partial charge in [-0.1, -0.05) is 17.7 Å². The highest BCUT2D eigenvalue weighted by Gasteiger charge is 2.29. The Morgan fingerprint density at radius 2 is 1.85 bits per heavy atom. The van der Waals surface area contributed by atoms with Crippen LogP contribution < -0.4 is 15.8 Å². The molecule has 1 aliphatic carbocycles. The molecule has 3 aliphatic heterocycles. The summed E-state index contributed by atoms with van der Waals surface area (Å²) in [6, 6.07) is 1.78. The van der Waals surface area contributed by atoms with E-state index in [1.807, 2.05) is 4.90 Å². The molecule has 7 nitrogen and oxygen atoms in total. The standard InChI is InChI=1S/C26H35ClN4O3/c27-22-15-21(25-20(24(22)28)9-14-34-25)26(33)29-19-7-10-30(11-8-19)16-18-5-12-31(13-6-18)23(32)4-3-17-1-2-17/h3-4,15,17-19H,1-2,5-14,16,28H2,(H,29,33)/b4-3+. The third-order valence-electron chi connectivity index (χ3n) is 7.71. The highest BCUT2D eigenvalue weighted by atomic mass is 35.5. The van der Waals surface area contributed by atoms with Gasteiger partial charge >= 0.3 is 0 Å². The summed E-state index contributed by atoms with van der Waals surface area (Å²) in [5, 5.41) is 3.60. The molecule has 0 spiro atoms. The van der Waals surface area contributed by atoms with Gasteiger partial charge in [0.05, 0.1) is 22.9 Å². The zero-order valence-electron chi connectivity index (χ0n) is 19.7. The van der Waals surface area contributed by atoms with E-state index in [-0.39, 0.29) is 17.9 Å². The lowest BCUT2D eigenvalue weighted by Gasteiger charge is -2.37. The van der Waals surface area contributed by atoms with Crippen LogP contribution in [0.5, 0.6) is 5.75 Å². The fourth-order valence-electron chi connectivity index (χ4n) is 5.37. The molecule has 4 aliphatic rings. The summed E-state index contributed by atoms with van der Waals surface area (Å²) >= 11 is 6.26. The molecule has 8 heteroatoms. The number of likely N-dealkylation sites (tertiary alicyclic amines) is 2. The van der Waals surface area contributed by atoms with E-state index in [2.05, 4.69) is 16.3 Å². The number of amides is 2. The maximum atomic E-state index is 13.0. The first kappa shape index (κ1) is 23.5. The summed E-state index contributed by atoms with van der Waals surface area (Å²) in [6.45, 7) is 5.29. The van der Waals surface area contributed by atoms with Gasteiger partial charge in [0.1, 0.15) is 5.75 Å². The molecular formula is C26H35ClN4O3. The highest BCUT2D eigenvalue weighted by Crippen LogP contribution is 2.38. The second kappa shape index (κ2) is 10.2. The fourth-order valence-corrected chi connectivity index (χ4v) is 5.60. The minimum atomic E-state index is -0.133. The summed E-state index contributed by atoms with van der Waals surface area (Å²) in [4.78, 5) is 29.8. The average molecular weight is 487 g/mol. The smallest absolute Gasteiger partial charge is 0.255 e. The van der Waals surface area contributed by atoms with Crippen molar-refractivity contribution in [3.63, 3.8) is 0 Å². The van der Waals surface area contributed by atoms with Crippen molar-refractivity contribution in [1.29, 1.82) is 0 Å². The van der Waals surface area contributed by atoms with Gasteiger partial charge in [-0.25, -0.2) is 0 Å². The topological polar surface area (TPSA) is 87.9 Å². The van der Waals surface area contributed by atoms with Crippen LogP contribution >= 0.6 is 11.6 Å². The van der Waals surface area contributed by atoms with Crippen LogP contribution in [-0.2, 0) is 11.2 Å². The summed E-state index contributed by atoms with van der Waals surface area (Å²) < 4.78 is 5.69. The second-order valence-corrected chi connectivity index (χ2v) is 10.6. The van der Waals surface area contributed by atoms with E-state index in [0.29, 0.717) is 46.9 Å². The molecule has 2 amide bonds. The van der Waals surface area contributed by atoms with E-state index in [1.54, 1.807) is 12.1 Å². The van der Waals surface area contributed by atoms with Crippen LogP contribution in [0.2, 0.25) is 5.02 Å². The van der Waals surface area contributed by atoms with Crippen LogP contribution in [0.15, 0.2) is 18.2 Å². The number of nitrogens with one attached hydrogen (secondary N) is 1. The van der Waals surface area contributed by atoms with Crippen molar-refractivity contribution in [2.24, 2.45) is 11.8 Å². The summed E-state index contributed by atoms with van der Waals surface area (Å²) in [5.74, 6) is 1.92. The average Bonchev–Trinajstić information content (AvgIpc) is 3.55. The predicted molar refractivity (Wildman–Crippen MR) is 133 cm³/mol. The molecule has 0 unspecified atom stereocenters. The number of benzene rings is 1. The molecule has 3 heterocycles. The van der Waals surface area contributed by atoms with E-state index in [1.165, 1.54) is 12.8 Å². The Hall–Kier alpha value is -2.25. The van der Waals surface area contributed by atoms with Crippen molar-refractivity contribution < 1.29 is 14.3 Å². The number of fused-ring (bicyclic) bond motifs is 1. The summed E-state index contributed by atoms with van der Waals surface area (Å²) in [5.41, 5.74) is 7.91. The van der Waals surface area contributed by atoms with Gasteiger partial charge in [0.15, 0.2) is 0 Å². The van der Waals surface area contributed by atoms with Gasteiger partial charge in [0.2, 0.25) is 5.91 Å². The number of hydrogen-bond donors (Lipinski definition) is 2. The Bertz CT molecular complexity index is 961. The zero-order valence-corrected chi connectivity index (χ0v) is 20.5. The number of rotatable bonds is 6. The van der Waals surface area contributed by atoms with E-state index in [9.17, 15) is 9.59 Å². The third-order valence-corrected chi connectivity index (χ3v) is 8.03. The Labute approximate surface area is 206 Å². The molecule has 3 N–H and O–H groups in total. The number of hydrogen-bond acceptors (Lipinski definition) is 5. The summed E-state index contributed by atoms with van der Waals surface area (Å²) in [7, 11) is 0. The Balaban J connectivity index is 1.06. The van der Waals surface area contributed by atoms with Gasteiger partial charge in [-0.3, -0.25) is 9.59 Å². The molecule has 1 aromatic rings. The quantitative estimate of drug-likeness (QED) is 0.476. The molecule has 1 saturated carbocycles. The Morgan fingerprint density at radius 1 is 1.12 bits per heavy atom. The molecule has 2 saturated heterocycles. The van der Waals surface area contributed by atoms with Crippen LogP contribution in [-0.4, -0.2) is 67.0 Å². The number of nitrogens with two attached hydrogens (primary N) is 1. The number of carbonyl (C=O) groups is 2. The van der Waals surface area contributed by atoms with Gasteiger partial charge in [-0.2, -0.15) is 0 Å². The minimum absolute atomic E-state index is 0.133. The first-order valence-corrected chi connectivity index (χ1v) is 13.1. The third kappa shape index (κ3) is 5.36. The SMILES string of the molecule is Nc1c(Cl)cc(C(=O)NC2CCN(CC3CCN(C(=O)/C=C/C4CC4)CC3)CC2)c2c1CCO2. The first-order valence-electron chi connectivity index (χ1n) is 12.7. The van der Waals surface area contributed by atoms with Crippen LogP contribution in [0.1, 0.15) is 54.4 Å². The number of allylic oxidation sites excluding steroid dienone is 1. The van der Waals surface area contributed by atoms with Gasteiger partial charge in [0.25, 0.3) is 5.91 Å². The molecule has 0 bridgehead atoms. The number of piperidine rings is 2. The van der Waals surface area contributed by atoms with Crippen molar-refractivity contribution in [3.05, 3.63) is 34.4 Å². The fraction of sp³-hybridized carbons (Fsp3) is 0.615.